The van der Waals surface area contributed by atoms with Crippen LogP contribution in [0.4, 0.5) is 4.39 Å². The van der Waals surface area contributed by atoms with Gasteiger partial charge in [-0.2, -0.15) is 0 Å². The first-order chi connectivity index (χ1) is 8.46. The minimum atomic E-state index is -1.43. The van der Waals surface area contributed by atoms with Crippen molar-refractivity contribution in [3.8, 4) is 0 Å². The highest BCUT2D eigenvalue weighted by Gasteiger charge is 2.43. The normalized spacial score (nSPS) is 26.1. The highest BCUT2D eigenvalue weighted by molar-refractivity contribution is 5.69. The first-order valence-corrected chi connectivity index (χ1v) is 6.20. The van der Waals surface area contributed by atoms with E-state index in [-0.39, 0.29) is 12.3 Å². The number of rotatable bonds is 4. The van der Waals surface area contributed by atoms with Crippen LogP contribution in [0.2, 0.25) is 0 Å². The van der Waals surface area contributed by atoms with Gasteiger partial charge in [0, 0.05) is 0 Å². The van der Waals surface area contributed by atoms with Gasteiger partial charge in [0.2, 0.25) is 0 Å². The van der Waals surface area contributed by atoms with Gasteiger partial charge in [-0.25, -0.2) is 4.39 Å². The molecule has 2 N–H and O–H groups in total. The molecule has 18 heavy (non-hydrogen) atoms. The maximum atomic E-state index is 13.3. The summed E-state index contributed by atoms with van der Waals surface area (Å²) in [6, 6.07) is 4.31. The first kappa shape index (κ1) is 13.0. The molecular formula is C14H17FO3. The SMILES string of the molecule is CCCC1CC(O)(CC(=O)O)c2cc(F)ccc21. The molecule has 0 bridgehead atoms. The van der Waals surface area contributed by atoms with Crippen molar-refractivity contribution < 1.29 is 19.4 Å². The molecule has 0 saturated carbocycles. The molecule has 0 amide bonds. The Labute approximate surface area is 105 Å². The van der Waals surface area contributed by atoms with E-state index in [4.69, 9.17) is 5.11 Å². The molecule has 0 aliphatic heterocycles. The molecule has 1 aliphatic carbocycles. The van der Waals surface area contributed by atoms with Gasteiger partial charge in [0.1, 0.15) is 11.4 Å². The molecule has 0 spiro atoms. The molecule has 98 valence electrons. The van der Waals surface area contributed by atoms with Crippen LogP contribution in [0.5, 0.6) is 0 Å². The zero-order chi connectivity index (χ0) is 13.3. The van der Waals surface area contributed by atoms with Crippen LogP contribution in [-0.2, 0) is 10.4 Å². The van der Waals surface area contributed by atoms with Gasteiger partial charge in [-0.1, -0.05) is 19.4 Å². The molecule has 0 radical (unpaired) electrons. The Hall–Kier alpha value is -1.42. The van der Waals surface area contributed by atoms with Gasteiger partial charge in [0.15, 0.2) is 0 Å². The van der Waals surface area contributed by atoms with E-state index in [0.717, 1.165) is 18.4 Å². The summed E-state index contributed by atoms with van der Waals surface area (Å²) >= 11 is 0. The Balaban J connectivity index is 2.43. The number of fused-ring (bicyclic) bond motifs is 1. The molecule has 3 nitrogen and oxygen atoms in total. The van der Waals surface area contributed by atoms with Crippen LogP contribution in [0.3, 0.4) is 0 Å². The number of hydrogen-bond donors (Lipinski definition) is 2. The number of carboxylic acid groups (broad SMARTS) is 1. The van der Waals surface area contributed by atoms with Crippen LogP contribution in [-0.4, -0.2) is 16.2 Å². The van der Waals surface area contributed by atoms with E-state index >= 15 is 0 Å². The molecule has 2 rings (SSSR count). The molecule has 0 heterocycles. The van der Waals surface area contributed by atoms with Crippen LogP contribution in [0.1, 0.15) is 49.7 Å². The third-order valence-electron chi connectivity index (χ3n) is 3.62. The largest absolute Gasteiger partial charge is 0.481 e. The quantitative estimate of drug-likeness (QED) is 0.866. The Bertz CT molecular complexity index is 472. The van der Waals surface area contributed by atoms with E-state index in [1.165, 1.54) is 12.1 Å². The second kappa shape index (κ2) is 4.69. The zero-order valence-corrected chi connectivity index (χ0v) is 10.3. The Morgan fingerprint density at radius 3 is 2.89 bits per heavy atom. The highest BCUT2D eigenvalue weighted by atomic mass is 19.1. The molecule has 0 aromatic heterocycles. The molecule has 2 unspecified atom stereocenters. The minimum absolute atomic E-state index is 0.120. The van der Waals surface area contributed by atoms with E-state index < -0.39 is 17.4 Å². The number of aliphatic carboxylic acids is 1. The van der Waals surface area contributed by atoms with Crippen LogP contribution < -0.4 is 0 Å². The summed E-state index contributed by atoms with van der Waals surface area (Å²) in [5.41, 5.74) is -0.0892. The summed E-state index contributed by atoms with van der Waals surface area (Å²) < 4.78 is 13.3. The van der Waals surface area contributed by atoms with Crippen molar-refractivity contribution in [1.29, 1.82) is 0 Å². The van der Waals surface area contributed by atoms with Crippen molar-refractivity contribution in [3.05, 3.63) is 35.1 Å². The standard InChI is InChI=1S/C14H17FO3/c1-2-3-9-7-14(18,8-13(16)17)12-6-10(15)4-5-11(9)12/h4-6,9,18H,2-3,7-8H2,1H3,(H,16,17). The fourth-order valence-electron chi connectivity index (χ4n) is 2.94. The molecular weight excluding hydrogens is 235 g/mol. The number of carbonyl (C=O) groups is 1. The predicted molar refractivity (Wildman–Crippen MR) is 64.8 cm³/mol. The van der Waals surface area contributed by atoms with E-state index in [0.29, 0.717) is 12.0 Å². The molecule has 0 saturated heterocycles. The van der Waals surface area contributed by atoms with Gasteiger partial charge in [0.05, 0.1) is 6.42 Å². The summed E-state index contributed by atoms with van der Waals surface area (Å²) in [4.78, 5) is 10.9. The molecule has 1 aromatic rings. The first-order valence-electron chi connectivity index (χ1n) is 6.20. The topological polar surface area (TPSA) is 57.5 Å². The van der Waals surface area contributed by atoms with Crippen LogP contribution in [0.15, 0.2) is 18.2 Å². The molecule has 1 aliphatic rings. The van der Waals surface area contributed by atoms with Gasteiger partial charge < -0.3 is 10.2 Å². The van der Waals surface area contributed by atoms with Crippen molar-refractivity contribution >= 4 is 5.97 Å². The fraction of sp³-hybridized carbons (Fsp3) is 0.500. The molecule has 4 heteroatoms. The zero-order valence-electron chi connectivity index (χ0n) is 10.3. The Morgan fingerprint density at radius 2 is 2.28 bits per heavy atom. The summed E-state index contributed by atoms with van der Waals surface area (Å²) in [6.07, 6.45) is 1.82. The van der Waals surface area contributed by atoms with Crippen LogP contribution in [0, 0.1) is 5.82 Å². The lowest BCUT2D eigenvalue weighted by molar-refractivity contribution is -0.143. The van der Waals surface area contributed by atoms with Crippen LogP contribution >= 0.6 is 0 Å². The fourth-order valence-corrected chi connectivity index (χ4v) is 2.94. The maximum absolute atomic E-state index is 13.3. The van der Waals surface area contributed by atoms with Gasteiger partial charge in [-0.05, 0) is 42.0 Å². The number of hydrogen-bond acceptors (Lipinski definition) is 2. The van der Waals surface area contributed by atoms with Gasteiger partial charge in [-0.15, -0.1) is 0 Å². The van der Waals surface area contributed by atoms with Crippen molar-refractivity contribution in [3.63, 3.8) is 0 Å². The van der Waals surface area contributed by atoms with Crippen LogP contribution in [0.25, 0.3) is 0 Å². The van der Waals surface area contributed by atoms with Crippen molar-refractivity contribution in [2.75, 3.05) is 0 Å². The van der Waals surface area contributed by atoms with E-state index in [9.17, 15) is 14.3 Å². The maximum Gasteiger partial charge on any atom is 0.306 e. The molecule has 2 atom stereocenters. The van der Waals surface area contributed by atoms with Gasteiger partial charge >= 0.3 is 5.97 Å². The van der Waals surface area contributed by atoms with E-state index in [1.54, 1.807) is 6.07 Å². The third-order valence-corrected chi connectivity index (χ3v) is 3.62. The number of carboxylic acids is 1. The lowest BCUT2D eigenvalue weighted by atomic mass is 9.91. The Kier molecular flexibility index (Phi) is 3.39. The number of benzene rings is 1. The second-order valence-corrected chi connectivity index (χ2v) is 5.02. The summed E-state index contributed by atoms with van der Waals surface area (Å²) in [6.45, 7) is 2.04. The third kappa shape index (κ3) is 2.25. The monoisotopic (exact) mass is 252 g/mol. The summed E-state index contributed by atoms with van der Waals surface area (Å²) in [5, 5.41) is 19.4. The summed E-state index contributed by atoms with van der Waals surface area (Å²) in [7, 11) is 0. The molecule has 0 fully saturated rings. The van der Waals surface area contributed by atoms with Crippen molar-refractivity contribution in [2.24, 2.45) is 0 Å². The second-order valence-electron chi connectivity index (χ2n) is 5.02. The average molecular weight is 252 g/mol. The van der Waals surface area contributed by atoms with E-state index in [1.807, 2.05) is 6.92 Å². The highest BCUT2D eigenvalue weighted by Crippen LogP contribution is 2.48. The predicted octanol–water partition coefficient (Wildman–Crippen LogP) is 2.78. The number of halogens is 1. The Morgan fingerprint density at radius 1 is 1.56 bits per heavy atom. The smallest absolute Gasteiger partial charge is 0.306 e. The summed E-state index contributed by atoms with van der Waals surface area (Å²) in [5.74, 6) is -1.38. The van der Waals surface area contributed by atoms with Crippen molar-refractivity contribution in [2.45, 2.75) is 44.1 Å². The lowest BCUT2D eigenvalue weighted by Gasteiger charge is -2.22. The van der Waals surface area contributed by atoms with Gasteiger partial charge in [0.25, 0.3) is 0 Å². The molecule has 1 aromatic carbocycles. The van der Waals surface area contributed by atoms with Gasteiger partial charge in [-0.3, -0.25) is 4.79 Å². The van der Waals surface area contributed by atoms with E-state index in [2.05, 4.69) is 0 Å². The average Bonchev–Trinajstić information content (AvgIpc) is 2.51. The lowest BCUT2D eigenvalue weighted by Crippen LogP contribution is -2.26. The minimum Gasteiger partial charge on any atom is -0.481 e. The van der Waals surface area contributed by atoms with Crippen molar-refractivity contribution in [1.82, 2.24) is 0 Å². The number of aliphatic hydroxyl groups is 1.